The molecule has 0 unspecified atom stereocenters. The van der Waals surface area contributed by atoms with Crippen molar-refractivity contribution in [2.75, 3.05) is 32.9 Å². The molecule has 1 heterocycles. The van der Waals surface area contributed by atoms with E-state index >= 15 is 0 Å². The van der Waals surface area contributed by atoms with E-state index in [1.807, 2.05) is 18.2 Å². The Labute approximate surface area is 130 Å². The van der Waals surface area contributed by atoms with Crippen LogP contribution in [0.4, 0.5) is 0 Å². The molecular formula is C15H18O6S. The van der Waals surface area contributed by atoms with Crippen LogP contribution in [-0.2, 0) is 19.0 Å². The van der Waals surface area contributed by atoms with Crippen LogP contribution in [0.2, 0.25) is 0 Å². The molecule has 120 valence electrons. The first kappa shape index (κ1) is 16.6. The summed E-state index contributed by atoms with van der Waals surface area (Å²) in [4.78, 5) is 0. The first-order valence-corrected chi connectivity index (χ1v) is 8.57. The minimum Gasteiger partial charge on any atom is -0.454 e. The maximum Gasteiger partial charge on any atom is 0.264 e. The van der Waals surface area contributed by atoms with Crippen molar-refractivity contribution >= 4 is 10.1 Å². The Kier molecular flexibility index (Phi) is 5.66. The van der Waals surface area contributed by atoms with Crippen molar-refractivity contribution in [3.05, 3.63) is 23.8 Å². The number of terminal acetylenes is 1. The lowest BCUT2D eigenvalue weighted by atomic mass is 9.95. The third kappa shape index (κ3) is 4.63. The maximum atomic E-state index is 11.1. The molecule has 1 aliphatic heterocycles. The summed E-state index contributed by atoms with van der Waals surface area (Å²) in [5.74, 6) is 3.63. The second-order valence-electron chi connectivity index (χ2n) is 4.81. The molecule has 0 amide bonds. The van der Waals surface area contributed by atoms with E-state index in [9.17, 15) is 8.42 Å². The Bertz CT molecular complexity index is 646. The molecule has 0 N–H and O–H groups in total. The molecule has 6 nitrogen and oxygen atoms in total. The molecule has 0 spiro atoms. The van der Waals surface area contributed by atoms with Crippen molar-refractivity contribution in [2.45, 2.75) is 12.3 Å². The van der Waals surface area contributed by atoms with Gasteiger partial charge in [0.15, 0.2) is 11.5 Å². The van der Waals surface area contributed by atoms with E-state index in [-0.39, 0.29) is 25.9 Å². The molecule has 22 heavy (non-hydrogen) atoms. The highest BCUT2D eigenvalue weighted by Crippen LogP contribution is 2.40. The summed E-state index contributed by atoms with van der Waals surface area (Å²) < 4.78 is 43.2. The largest absolute Gasteiger partial charge is 0.454 e. The highest BCUT2D eigenvalue weighted by Gasteiger charge is 2.23. The minimum atomic E-state index is -3.47. The van der Waals surface area contributed by atoms with Gasteiger partial charge in [-0.05, 0) is 12.5 Å². The molecular weight excluding hydrogens is 308 g/mol. The molecule has 0 fully saturated rings. The third-order valence-electron chi connectivity index (χ3n) is 3.14. The maximum absolute atomic E-state index is 11.1. The summed E-state index contributed by atoms with van der Waals surface area (Å²) in [5.41, 5.74) is 0.893. The Hall–Kier alpha value is -1.75. The fraction of sp³-hybridized carbons (Fsp3) is 0.467. The summed E-state index contributed by atoms with van der Waals surface area (Å²) in [6.07, 6.45) is 6.65. The summed E-state index contributed by atoms with van der Waals surface area (Å²) >= 11 is 0. The molecule has 0 radical (unpaired) electrons. The van der Waals surface area contributed by atoms with Crippen LogP contribution in [-0.4, -0.2) is 41.3 Å². The normalized spacial score (nSPS) is 14.5. The van der Waals surface area contributed by atoms with Crippen LogP contribution >= 0.6 is 0 Å². The van der Waals surface area contributed by atoms with Gasteiger partial charge in [0.2, 0.25) is 6.79 Å². The summed E-state index contributed by atoms with van der Waals surface area (Å²) in [7, 11) is -3.47. The lowest BCUT2D eigenvalue weighted by Crippen LogP contribution is -2.14. The van der Waals surface area contributed by atoms with Crippen LogP contribution in [0.3, 0.4) is 0 Å². The molecule has 0 aromatic heterocycles. The van der Waals surface area contributed by atoms with E-state index in [0.717, 1.165) is 11.8 Å². The SMILES string of the molecule is C#CCOC[C@H](CCOS(C)(=O)=O)c1cccc2c1OCO2. The van der Waals surface area contributed by atoms with Crippen LogP contribution in [0.1, 0.15) is 17.9 Å². The smallest absolute Gasteiger partial charge is 0.264 e. The molecule has 0 aliphatic carbocycles. The molecule has 1 aromatic rings. The summed E-state index contributed by atoms with van der Waals surface area (Å²) in [6.45, 7) is 0.768. The molecule has 0 saturated carbocycles. The predicted molar refractivity (Wildman–Crippen MR) is 80.4 cm³/mol. The molecule has 2 rings (SSSR count). The van der Waals surface area contributed by atoms with Crippen LogP contribution in [0.5, 0.6) is 11.5 Å². The third-order valence-corrected chi connectivity index (χ3v) is 3.73. The number of rotatable bonds is 8. The fourth-order valence-corrected chi connectivity index (χ4v) is 2.60. The Morgan fingerprint density at radius 1 is 1.41 bits per heavy atom. The molecule has 1 aromatic carbocycles. The van der Waals surface area contributed by atoms with Gasteiger partial charge < -0.3 is 14.2 Å². The van der Waals surface area contributed by atoms with Crippen LogP contribution < -0.4 is 9.47 Å². The zero-order chi connectivity index (χ0) is 16.0. The summed E-state index contributed by atoms with van der Waals surface area (Å²) in [6, 6.07) is 5.57. The average Bonchev–Trinajstić information content (AvgIpc) is 2.93. The number of benzene rings is 1. The van der Waals surface area contributed by atoms with Crippen molar-refractivity contribution in [3.8, 4) is 23.8 Å². The predicted octanol–water partition coefficient (Wildman–Crippen LogP) is 1.52. The van der Waals surface area contributed by atoms with Gasteiger partial charge in [-0.3, -0.25) is 4.18 Å². The number of fused-ring (bicyclic) bond motifs is 1. The van der Waals surface area contributed by atoms with E-state index in [0.29, 0.717) is 24.5 Å². The van der Waals surface area contributed by atoms with Gasteiger partial charge in [0.05, 0.1) is 19.5 Å². The molecule has 1 aliphatic rings. The van der Waals surface area contributed by atoms with Gasteiger partial charge in [0.1, 0.15) is 6.61 Å². The average molecular weight is 326 g/mol. The van der Waals surface area contributed by atoms with Gasteiger partial charge in [0, 0.05) is 11.5 Å². The van der Waals surface area contributed by atoms with Crippen LogP contribution in [0.25, 0.3) is 0 Å². The van der Waals surface area contributed by atoms with Gasteiger partial charge in [-0.25, -0.2) is 0 Å². The first-order chi connectivity index (χ1) is 10.5. The molecule has 0 saturated heterocycles. The van der Waals surface area contributed by atoms with Crippen molar-refractivity contribution in [1.29, 1.82) is 0 Å². The van der Waals surface area contributed by atoms with E-state index in [1.54, 1.807) is 0 Å². The van der Waals surface area contributed by atoms with Crippen molar-refractivity contribution in [3.63, 3.8) is 0 Å². The number of ether oxygens (including phenoxy) is 3. The van der Waals surface area contributed by atoms with Gasteiger partial charge >= 0.3 is 0 Å². The number of hydrogen-bond donors (Lipinski definition) is 0. The Balaban J connectivity index is 2.10. The first-order valence-electron chi connectivity index (χ1n) is 6.75. The lowest BCUT2D eigenvalue weighted by molar-refractivity contribution is 0.138. The lowest BCUT2D eigenvalue weighted by Gasteiger charge is -2.18. The van der Waals surface area contributed by atoms with Gasteiger partial charge in [-0.2, -0.15) is 8.42 Å². The highest BCUT2D eigenvalue weighted by atomic mass is 32.2. The van der Waals surface area contributed by atoms with Crippen molar-refractivity contribution in [2.24, 2.45) is 0 Å². The Morgan fingerprint density at radius 2 is 2.23 bits per heavy atom. The second-order valence-corrected chi connectivity index (χ2v) is 6.46. The van der Waals surface area contributed by atoms with E-state index in [1.165, 1.54) is 0 Å². The highest BCUT2D eigenvalue weighted by molar-refractivity contribution is 7.85. The van der Waals surface area contributed by atoms with Crippen LogP contribution in [0, 0.1) is 12.3 Å². The topological polar surface area (TPSA) is 71.1 Å². The van der Waals surface area contributed by atoms with E-state index in [2.05, 4.69) is 5.92 Å². The van der Waals surface area contributed by atoms with E-state index < -0.39 is 10.1 Å². The Morgan fingerprint density at radius 3 is 2.95 bits per heavy atom. The molecule has 0 bridgehead atoms. The monoisotopic (exact) mass is 326 g/mol. The van der Waals surface area contributed by atoms with E-state index in [4.69, 9.17) is 24.8 Å². The zero-order valence-electron chi connectivity index (χ0n) is 12.3. The van der Waals surface area contributed by atoms with Gasteiger partial charge in [0.25, 0.3) is 10.1 Å². The molecule has 7 heteroatoms. The number of hydrogen-bond acceptors (Lipinski definition) is 6. The van der Waals surface area contributed by atoms with Crippen LogP contribution in [0.15, 0.2) is 18.2 Å². The summed E-state index contributed by atoms with van der Waals surface area (Å²) in [5, 5.41) is 0. The van der Waals surface area contributed by atoms with Crippen molar-refractivity contribution < 1.29 is 26.8 Å². The minimum absolute atomic E-state index is 0.0629. The standard InChI is InChI=1S/C15H18O6S/c1-3-8-18-10-12(7-9-21-22(2,16)17)13-5-4-6-14-15(13)20-11-19-14/h1,4-6,12H,7-11H2,2H3/t12-/m0/s1. The zero-order valence-corrected chi connectivity index (χ0v) is 13.1. The van der Waals surface area contributed by atoms with Gasteiger partial charge in [-0.15, -0.1) is 6.42 Å². The fourth-order valence-electron chi connectivity index (χ4n) is 2.20. The van der Waals surface area contributed by atoms with Crippen molar-refractivity contribution in [1.82, 2.24) is 0 Å². The second kappa shape index (κ2) is 7.49. The van der Waals surface area contributed by atoms with Gasteiger partial charge in [-0.1, -0.05) is 18.1 Å². The molecule has 1 atom stereocenters. The quantitative estimate of drug-likeness (QED) is 0.410. The number of para-hydroxylation sites is 1.